The van der Waals surface area contributed by atoms with Gasteiger partial charge >= 0.3 is 0 Å². The van der Waals surface area contributed by atoms with Crippen LogP contribution in [-0.2, 0) is 9.59 Å². The van der Waals surface area contributed by atoms with Crippen molar-refractivity contribution in [3.8, 4) is 17.6 Å². The predicted octanol–water partition coefficient (Wildman–Crippen LogP) is 5.52. The van der Waals surface area contributed by atoms with Crippen LogP contribution in [0.15, 0.2) is 66.2 Å². The molecule has 194 valence electrons. The highest BCUT2D eigenvalue weighted by molar-refractivity contribution is 6.32. The molecule has 0 radical (unpaired) electrons. The van der Waals surface area contributed by atoms with Crippen molar-refractivity contribution in [3.63, 3.8) is 0 Å². The number of amides is 2. The van der Waals surface area contributed by atoms with Gasteiger partial charge in [-0.05, 0) is 61.4 Å². The molecule has 2 N–H and O–H groups in total. The van der Waals surface area contributed by atoms with Crippen molar-refractivity contribution in [3.05, 3.63) is 92.5 Å². The minimum atomic E-state index is -0.768. The van der Waals surface area contributed by atoms with Crippen molar-refractivity contribution in [1.82, 2.24) is 0 Å². The lowest BCUT2D eigenvalue weighted by molar-refractivity contribution is -0.384. The molecule has 0 aromatic heterocycles. The lowest BCUT2D eigenvalue weighted by Gasteiger charge is -2.15. The van der Waals surface area contributed by atoms with Gasteiger partial charge < -0.3 is 20.1 Å². The molecule has 0 spiro atoms. The number of nitrogens with zero attached hydrogens (tertiary/aromatic N) is 2. The third-order valence-electron chi connectivity index (χ3n) is 4.97. The fraction of sp³-hybridized carbons (Fsp3) is 0.148. The summed E-state index contributed by atoms with van der Waals surface area (Å²) in [5, 5.41) is 25.8. The lowest BCUT2D eigenvalue weighted by Crippen LogP contribution is -2.20. The number of nitrogens with one attached hydrogen (secondary N) is 2. The molecule has 38 heavy (non-hydrogen) atoms. The van der Waals surface area contributed by atoms with E-state index in [0.29, 0.717) is 11.3 Å². The van der Waals surface area contributed by atoms with Gasteiger partial charge in [0.2, 0.25) is 0 Å². The van der Waals surface area contributed by atoms with E-state index in [4.69, 9.17) is 21.1 Å². The Labute approximate surface area is 223 Å². The van der Waals surface area contributed by atoms with Crippen LogP contribution in [0.3, 0.4) is 0 Å². The number of hydrogen-bond donors (Lipinski definition) is 2. The molecule has 0 fully saturated rings. The molecule has 0 saturated heterocycles. The third kappa shape index (κ3) is 7.56. The SMILES string of the molecule is CCOc1cc(/C=C(\C#N)C(=O)Nc2cccc([N+](=O)[O-])c2)cc(Cl)c1OCC(=O)Nc1cccc(C)c1. The van der Waals surface area contributed by atoms with Crippen molar-refractivity contribution >= 4 is 46.6 Å². The number of aryl methyl sites for hydroxylation is 1. The Morgan fingerprint density at radius 3 is 2.45 bits per heavy atom. The summed E-state index contributed by atoms with van der Waals surface area (Å²) >= 11 is 6.40. The summed E-state index contributed by atoms with van der Waals surface area (Å²) in [7, 11) is 0. The van der Waals surface area contributed by atoms with E-state index in [1.165, 1.54) is 42.5 Å². The smallest absolute Gasteiger partial charge is 0.271 e. The van der Waals surface area contributed by atoms with Crippen molar-refractivity contribution < 1.29 is 24.0 Å². The maximum Gasteiger partial charge on any atom is 0.271 e. The molecular weight excluding hydrogens is 512 g/mol. The molecule has 0 aliphatic heterocycles. The summed E-state index contributed by atoms with van der Waals surface area (Å²) in [5.74, 6) is -0.825. The lowest BCUT2D eigenvalue weighted by atomic mass is 10.1. The highest BCUT2D eigenvalue weighted by atomic mass is 35.5. The second-order valence-electron chi connectivity index (χ2n) is 7.90. The van der Waals surface area contributed by atoms with Crippen molar-refractivity contribution in [1.29, 1.82) is 5.26 Å². The van der Waals surface area contributed by atoms with Gasteiger partial charge in [0.05, 0.1) is 16.6 Å². The maximum atomic E-state index is 12.6. The van der Waals surface area contributed by atoms with Crippen LogP contribution in [0.4, 0.5) is 17.1 Å². The third-order valence-corrected chi connectivity index (χ3v) is 5.25. The van der Waals surface area contributed by atoms with Crippen LogP contribution in [0.2, 0.25) is 5.02 Å². The second-order valence-corrected chi connectivity index (χ2v) is 8.31. The van der Waals surface area contributed by atoms with Gasteiger partial charge in [-0.2, -0.15) is 5.26 Å². The Balaban J connectivity index is 1.78. The fourth-order valence-corrected chi connectivity index (χ4v) is 3.62. The highest BCUT2D eigenvalue weighted by Gasteiger charge is 2.17. The number of anilines is 2. The minimum Gasteiger partial charge on any atom is -0.490 e. The standard InChI is InChI=1S/C27H23ClN4O6/c1-3-37-24-13-18(11-19(15-29)27(34)31-21-8-5-9-22(14-21)32(35)36)12-23(28)26(24)38-16-25(33)30-20-7-4-6-17(2)10-20/h4-14H,3,16H2,1-2H3,(H,30,33)(H,31,34)/b19-11+. The van der Waals surface area contributed by atoms with E-state index in [1.54, 1.807) is 13.0 Å². The maximum absolute atomic E-state index is 12.6. The molecule has 10 nitrogen and oxygen atoms in total. The highest BCUT2D eigenvalue weighted by Crippen LogP contribution is 2.37. The Kier molecular flexibility index (Phi) is 9.40. The average molecular weight is 535 g/mol. The van der Waals surface area contributed by atoms with E-state index in [1.807, 2.05) is 31.2 Å². The average Bonchev–Trinajstić information content (AvgIpc) is 2.87. The molecule has 0 unspecified atom stereocenters. The number of halogens is 1. The van der Waals surface area contributed by atoms with Gasteiger partial charge in [-0.3, -0.25) is 19.7 Å². The van der Waals surface area contributed by atoms with E-state index < -0.39 is 16.7 Å². The number of ether oxygens (including phenoxy) is 2. The van der Waals surface area contributed by atoms with Crippen LogP contribution in [0.5, 0.6) is 11.5 Å². The Morgan fingerprint density at radius 1 is 1.08 bits per heavy atom. The van der Waals surface area contributed by atoms with Crippen LogP contribution < -0.4 is 20.1 Å². The van der Waals surface area contributed by atoms with E-state index in [0.717, 1.165) is 5.56 Å². The summed E-state index contributed by atoms with van der Waals surface area (Å²) in [6.07, 6.45) is 1.29. The number of hydrogen-bond acceptors (Lipinski definition) is 7. The molecular formula is C27H23ClN4O6. The van der Waals surface area contributed by atoms with Gasteiger partial charge in [-0.1, -0.05) is 29.8 Å². The summed E-state index contributed by atoms with van der Waals surface area (Å²) in [6.45, 7) is 3.58. The molecule has 0 heterocycles. The Bertz CT molecular complexity index is 1450. The van der Waals surface area contributed by atoms with Crippen LogP contribution in [0, 0.1) is 28.4 Å². The number of carbonyl (C=O) groups is 2. The minimum absolute atomic E-state index is 0.0990. The van der Waals surface area contributed by atoms with Gasteiger partial charge in [-0.15, -0.1) is 0 Å². The number of benzene rings is 3. The summed E-state index contributed by atoms with van der Waals surface area (Å²) in [5.41, 5.74) is 1.65. The quantitative estimate of drug-likeness (QED) is 0.151. The fourth-order valence-electron chi connectivity index (χ4n) is 3.34. The summed E-state index contributed by atoms with van der Waals surface area (Å²) in [4.78, 5) is 35.4. The zero-order valence-corrected chi connectivity index (χ0v) is 21.2. The Hall–Kier alpha value is -4.88. The van der Waals surface area contributed by atoms with Crippen molar-refractivity contribution in [2.45, 2.75) is 13.8 Å². The van der Waals surface area contributed by atoms with Crippen LogP contribution >= 0.6 is 11.6 Å². The molecule has 0 aliphatic carbocycles. The molecule has 0 bridgehead atoms. The first kappa shape index (κ1) is 27.7. The normalized spacial score (nSPS) is 10.7. The molecule has 0 aliphatic rings. The van der Waals surface area contributed by atoms with Crippen LogP contribution in [0.1, 0.15) is 18.1 Å². The molecule has 3 aromatic rings. The number of nitro benzene ring substituents is 1. The van der Waals surface area contributed by atoms with Gasteiger partial charge in [-0.25, -0.2) is 0 Å². The predicted molar refractivity (Wildman–Crippen MR) is 143 cm³/mol. The van der Waals surface area contributed by atoms with Gasteiger partial charge in [0.15, 0.2) is 18.1 Å². The monoisotopic (exact) mass is 534 g/mol. The van der Waals surface area contributed by atoms with E-state index >= 15 is 0 Å². The Morgan fingerprint density at radius 2 is 1.79 bits per heavy atom. The topological polar surface area (TPSA) is 144 Å². The number of rotatable bonds is 10. The van der Waals surface area contributed by atoms with E-state index in [2.05, 4.69) is 10.6 Å². The molecule has 3 rings (SSSR count). The largest absolute Gasteiger partial charge is 0.490 e. The van der Waals surface area contributed by atoms with Crippen LogP contribution in [-0.4, -0.2) is 30.0 Å². The first-order chi connectivity index (χ1) is 18.2. The van der Waals surface area contributed by atoms with Gasteiger partial charge in [0.25, 0.3) is 17.5 Å². The zero-order chi connectivity index (χ0) is 27.7. The van der Waals surface area contributed by atoms with Crippen molar-refractivity contribution in [2.24, 2.45) is 0 Å². The number of non-ortho nitro benzene ring substituents is 1. The van der Waals surface area contributed by atoms with E-state index in [-0.39, 0.29) is 46.7 Å². The summed E-state index contributed by atoms with van der Waals surface area (Å²) in [6, 6.07) is 17.4. The van der Waals surface area contributed by atoms with E-state index in [9.17, 15) is 25.0 Å². The van der Waals surface area contributed by atoms with Crippen LogP contribution in [0.25, 0.3) is 6.08 Å². The number of nitriles is 1. The first-order valence-corrected chi connectivity index (χ1v) is 11.7. The first-order valence-electron chi connectivity index (χ1n) is 11.3. The number of carbonyl (C=O) groups excluding carboxylic acids is 2. The number of nitro groups is 1. The van der Waals surface area contributed by atoms with Gasteiger partial charge in [0.1, 0.15) is 11.6 Å². The molecule has 0 saturated carbocycles. The zero-order valence-electron chi connectivity index (χ0n) is 20.5. The molecule has 3 aromatic carbocycles. The molecule has 0 atom stereocenters. The van der Waals surface area contributed by atoms with Crippen molar-refractivity contribution in [2.75, 3.05) is 23.8 Å². The summed E-state index contributed by atoms with van der Waals surface area (Å²) < 4.78 is 11.3. The van der Waals surface area contributed by atoms with Gasteiger partial charge in [0, 0.05) is 23.5 Å². The molecule has 2 amide bonds. The molecule has 11 heteroatoms. The second kappa shape index (κ2) is 12.9.